The Kier molecular flexibility index (Phi) is 8.37. The number of carbonyl (C=O) groups excluding carboxylic acids is 1. The number of carboxylic acid groups (broad SMARTS) is 1. The third kappa shape index (κ3) is 6.62. The van der Waals surface area contributed by atoms with Gasteiger partial charge < -0.3 is 19.9 Å². The Hall–Kier alpha value is -2.28. The fourth-order valence-electron chi connectivity index (χ4n) is 4.19. The summed E-state index contributed by atoms with van der Waals surface area (Å²) >= 11 is 0. The van der Waals surface area contributed by atoms with Crippen LogP contribution >= 0.6 is 0 Å². The van der Waals surface area contributed by atoms with Crippen LogP contribution in [-0.4, -0.2) is 54.9 Å². The Balaban J connectivity index is 1.44. The number of fused-ring (bicyclic) bond motifs is 1. The third-order valence-electron chi connectivity index (χ3n) is 6.07. The number of amides is 1. The number of nitrogens with zero attached hydrogens (tertiary/aromatic N) is 1. The number of carboxylic acids is 1. The van der Waals surface area contributed by atoms with E-state index >= 15 is 0 Å². The molecule has 0 radical (unpaired) electrons. The molecule has 2 heterocycles. The number of rotatable bonds is 12. The van der Waals surface area contributed by atoms with Crippen LogP contribution in [0.1, 0.15) is 51.0 Å². The number of aliphatic carboxylic acids is 1. The van der Waals surface area contributed by atoms with Crippen molar-refractivity contribution < 1.29 is 24.2 Å². The molecule has 2 aliphatic heterocycles. The van der Waals surface area contributed by atoms with Gasteiger partial charge in [-0.05, 0) is 55.8 Å². The molecule has 1 fully saturated rings. The zero-order valence-electron chi connectivity index (χ0n) is 17.9. The minimum Gasteiger partial charge on any atom is -0.481 e. The van der Waals surface area contributed by atoms with Crippen molar-refractivity contribution in [2.45, 2.75) is 51.9 Å². The van der Waals surface area contributed by atoms with Crippen molar-refractivity contribution in [3.63, 3.8) is 0 Å². The first kappa shape index (κ1) is 22.4. The van der Waals surface area contributed by atoms with E-state index < -0.39 is 5.97 Å². The fourth-order valence-corrected chi connectivity index (χ4v) is 4.19. The zero-order chi connectivity index (χ0) is 21.3. The molecular weight excluding hydrogens is 384 g/mol. The second-order valence-corrected chi connectivity index (χ2v) is 8.45. The number of hydrogen-bond acceptors (Lipinski definition) is 5. The van der Waals surface area contributed by atoms with E-state index in [1.165, 1.54) is 24.8 Å². The summed E-state index contributed by atoms with van der Waals surface area (Å²) in [4.78, 5) is 25.4. The molecule has 2 unspecified atom stereocenters. The predicted octanol–water partition coefficient (Wildman–Crippen LogP) is 3.07. The molecule has 7 nitrogen and oxygen atoms in total. The maximum Gasteiger partial charge on any atom is 0.307 e. The van der Waals surface area contributed by atoms with E-state index in [2.05, 4.69) is 24.4 Å². The molecule has 1 saturated heterocycles. The molecule has 0 aromatic heterocycles. The van der Waals surface area contributed by atoms with E-state index in [1.54, 1.807) is 0 Å². The molecule has 3 rings (SSSR count). The second-order valence-electron chi connectivity index (χ2n) is 8.45. The minimum atomic E-state index is -0.766. The molecular formula is C23H34N2O5. The van der Waals surface area contributed by atoms with Crippen LogP contribution in [0.2, 0.25) is 0 Å². The number of carbonyl (C=O) groups is 2. The second kappa shape index (κ2) is 11.2. The van der Waals surface area contributed by atoms with Crippen LogP contribution in [0.15, 0.2) is 18.2 Å². The van der Waals surface area contributed by atoms with Crippen LogP contribution in [0.4, 0.5) is 0 Å². The lowest BCUT2D eigenvalue weighted by atomic mass is 9.93. The molecule has 1 aromatic carbocycles. The summed E-state index contributed by atoms with van der Waals surface area (Å²) < 4.78 is 10.8. The van der Waals surface area contributed by atoms with Crippen LogP contribution in [0, 0.1) is 11.8 Å². The Morgan fingerprint density at radius 2 is 2.07 bits per heavy atom. The number of ether oxygens (including phenoxy) is 2. The quantitative estimate of drug-likeness (QED) is 0.507. The van der Waals surface area contributed by atoms with Crippen LogP contribution in [0.5, 0.6) is 11.5 Å². The molecule has 2 atom stereocenters. The normalized spacial score (nSPS) is 19.0. The zero-order valence-corrected chi connectivity index (χ0v) is 17.9. The number of benzene rings is 1. The van der Waals surface area contributed by atoms with Crippen molar-refractivity contribution in [1.29, 1.82) is 0 Å². The van der Waals surface area contributed by atoms with E-state index in [9.17, 15) is 9.59 Å². The first-order valence-electron chi connectivity index (χ1n) is 11.2. The van der Waals surface area contributed by atoms with Gasteiger partial charge >= 0.3 is 5.97 Å². The highest BCUT2D eigenvalue weighted by Crippen LogP contribution is 2.33. The monoisotopic (exact) mass is 418 g/mol. The molecule has 0 spiro atoms. The molecule has 0 aliphatic carbocycles. The summed E-state index contributed by atoms with van der Waals surface area (Å²) in [7, 11) is 0. The summed E-state index contributed by atoms with van der Waals surface area (Å²) in [5.74, 6) is 0.922. The molecule has 1 aromatic rings. The van der Waals surface area contributed by atoms with Gasteiger partial charge in [-0.2, -0.15) is 0 Å². The van der Waals surface area contributed by atoms with Crippen molar-refractivity contribution in [1.82, 2.24) is 10.2 Å². The van der Waals surface area contributed by atoms with E-state index in [1.807, 2.05) is 11.0 Å². The summed E-state index contributed by atoms with van der Waals surface area (Å²) in [5, 5.41) is 12.2. The molecule has 2 N–H and O–H groups in total. The van der Waals surface area contributed by atoms with E-state index in [4.69, 9.17) is 14.6 Å². The van der Waals surface area contributed by atoms with Gasteiger partial charge in [0.15, 0.2) is 11.5 Å². The SMILES string of the molecule is CCCCCC(CCc1ccc2c(c1)OCO2)CNC(=O)CN1CCC(C(=O)O)C1. The van der Waals surface area contributed by atoms with E-state index in [-0.39, 0.29) is 25.2 Å². The number of likely N-dealkylation sites (tertiary alicyclic amines) is 1. The Morgan fingerprint density at radius 3 is 2.83 bits per heavy atom. The molecule has 0 bridgehead atoms. The molecule has 2 aliphatic rings. The minimum absolute atomic E-state index is 0.00962. The lowest BCUT2D eigenvalue weighted by molar-refractivity contribution is -0.141. The number of aryl methyl sites for hydroxylation is 1. The van der Waals surface area contributed by atoms with E-state index in [0.29, 0.717) is 32.0 Å². The molecule has 1 amide bonds. The van der Waals surface area contributed by atoms with Crippen molar-refractivity contribution in [2.75, 3.05) is 33.0 Å². The maximum absolute atomic E-state index is 12.4. The van der Waals surface area contributed by atoms with Gasteiger partial charge in [0.25, 0.3) is 0 Å². The first-order valence-corrected chi connectivity index (χ1v) is 11.2. The maximum atomic E-state index is 12.4. The largest absolute Gasteiger partial charge is 0.481 e. The van der Waals surface area contributed by atoms with Crippen LogP contribution in [-0.2, 0) is 16.0 Å². The third-order valence-corrected chi connectivity index (χ3v) is 6.07. The van der Waals surface area contributed by atoms with Gasteiger partial charge in [0.1, 0.15) is 0 Å². The molecule has 30 heavy (non-hydrogen) atoms. The molecule has 7 heteroatoms. The Labute approximate surface area is 178 Å². The fraction of sp³-hybridized carbons (Fsp3) is 0.652. The Morgan fingerprint density at radius 1 is 1.23 bits per heavy atom. The van der Waals surface area contributed by atoms with E-state index in [0.717, 1.165) is 30.8 Å². The summed E-state index contributed by atoms with van der Waals surface area (Å²) in [6.45, 7) is 4.58. The number of unbranched alkanes of at least 4 members (excludes halogenated alkanes) is 2. The number of hydrogen-bond donors (Lipinski definition) is 2. The van der Waals surface area contributed by atoms with Crippen molar-refractivity contribution in [2.24, 2.45) is 11.8 Å². The topological polar surface area (TPSA) is 88.1 Å². The predicted molar refractivity (Wildman–Crippen MR) is 114 cm³/mol. The number of nitrogens with one attached hydrogen (secondary N) is 1. The van der Waals surface area contributed by atoms with Gasteiger partial charge in [0, 0.05) is 13.1 Å². The lowest BCUT2D eigenvalue weighted by Crippen LogP contribution is -2.38. The molecule has 166 valence electrons. The van der Waals surface area contributed by atoms with Crippen molar-refractivity contribution in [3.8, 4) is 11.5 Å². The van der Waals surface area contributed by atoms with Gasteiger partial charge in [-0.3, -0.25) is 14.5 Å². The summed E-state index contributed by atoms with van der Waals surface area (Å²) in [5.41, 5.74) is 1.22. The van der Waals surface area contributed by atoms with Gasteiger partial charge in [-0.15, -0.1) is 0 Å². The Bertz CT molecular complexity index is 724. The smallest absolute Gasteiger partial charge is 0.307 e. The summed E-state index contributed by atoms with van der Waals surface area (Å²) in [6, 6.07) is 6.10. The van der Waals surface area contributed by atoms with Crippen LogP contribution < -0.4 is 14.8 Å². The van der Waals surface area contributed by atoms with Crippen molar-refractivity contribution in [3.05, 3.63) is 23.8 Å². The van der Waals surface area contributed by atoms with Crippen molar-refractivity contribution >= 4 is 11.9 Å². The average Bonchev–Trinajstić information content (AvgIpc) is 3.38. The standard InChI is InChI=1S/C23H34N2O5/c1-2-3-4-5-18(7-6-17-8-9-20-21(12-17)30-16-29-20)13-24-22(26)15-25-11-10-19(14-25)23(27)28/h8-9,12,18-19H,2-7,10-11,13-16H2,1H3,(H,24,26)(H,27,28). The van der Waals surface area contributed by atoms with Gasteiger partial charge in [0.05, 0.1) is 12.5 Å². The highest BCUT2D eigenvalue weighted by Gasteiger charge is 2.28. The van der Waals surface area contributed by atoms with Gasteiger partial charge in [0.2, 0.25) is 12.7 Å². The van der Waals surface area contributed by atoms with Gasteiger partial charge in [-0.1, -0.05) is 32.3 Å². The highest BCUT2D eigenvalue weighted by molar-refractivity contribution is 5.78. The average molecular weight is 419 g/mol. The summed E-state index contributed by atoms with van der Waals surface area (Å²) in [6.07, 6.45) is 7.23. The van der Waals surface area contributed by atoms with Crippen LogP contribution in [0.25, 0.3) is 0 Å². The molecule has 0 saturated carbocycles. The lowest BCUT2D eigenvalue weighted by Gasteiger charge is -2.20. The first-order chi connectivity index (χ1) is 14.5. The van der Waals surface area contributed by atoms with Crippen LogP contribution in [0.3, 0.4) is 0 Å². The van der Waals surface area contributed by atoms with Gasteiger partial charge in [-0.25, -0.2) is 0 Å². The highest BCUT2D eigenvalue weighted by atomic mass is 16.7.